The Hall–Kier alpha value is -2.29. The van der Waals surface area contributed by atoms with Crippen LogP contribution in [0.5, 0.6) is 5.75 Å². The Morgan fingerprint density at radius 2 is 1.78 bits per heavy atom. The quantitative estimate of drug-likeness (QED) is 0.876. The molecule has 0 fully saturated rings. The fraction of sp³-hybridized carbons (Fsp3) is 0.350. The summed E-state index contributed by atoms with van der Waals surface area (Å²) in [6.45, 7) is 6.13. The molecule has 2 aromatic rings. The highest BCUT2D eigenvalue weighted by Gasteiger charge is 2.11. The van der Waals surface area contributed by atoms with E-state index in [0.29, 0.717) is 6.42 Å². The van der Waals surface area contributed by atoms with Crippen LogP contribution < -0.4 is 10.1 Å². The van der Waals surface area contributed by atoms with Gasteiger partial charge in [0.1, 0.15) is 5.75 Å². The number of carbonyl (C=O) groups is 1. The molecule has 0 bridgehead atoms. The summed E-state index contributed by atoms with van der Waals surface area (Å²) in [5, 5.41) is 3.06. The van der Waals surface area contributed by atoms with Crippen molar-refractivity contribution in [2.24, 2.45) is 0 Å². The predicted molar refractivity (Wildman–Crippen MR) is 93.8 cm³/mol. The van der Waals surface area contributed by atoms with Crippen molar-refractivity contribution in [3.8, 4) is 5.75 Å². The molecule has 0 aliphatic heterocycles. The van der Waals surface area contributed by atoms with Crippen molar-refractivity contribution in [1.29, 1.82) is 0 Å². The molecule has 1 N–H and O–H groups in total. The third-order valence-corrected chi connectivity index (χ3v) is 4.09. The van der Waals surface area contributed by atoms with Gasteiger partial charge in [-0.05, 0) is 48.6 Å². The van der Waals surface area contributed by atoms with Crippen molar-refractivity contribution in [2.75, 3.05) is 7.11 Å². The third-order valence-electron chi connectivity index (χ3n) is 4.09. The molecule has 23 heavy (non-hydrogen) atoms. The fourth-order valence-corrected chi connectivity index (χ4v) is 2.65. The molecule has 3 heteroatoms. The lowest BCUT2D eigenvalue weighted by Crippen LogP contribution is -2.28. The third kappa shape index (κ3) is 4.59. The van der Waals surface area contributed by atoms with Crippen molar-refractivity contribution in [3.05, 3.63) is 64.7 Å². The summed E-state index contributed by atoms with van der Waals surface area (Å²) < 4.78 is 5.25. The van der Waals surface area contributed by atoms with E-state index in [2.05, 4.69) is 36.5 Å². The van der Waals surface area contributed by atoms with Crippen LogP contribution in [-0.4, -0.2) is 13.0 Å². The first-order chi connectivity index (χ1) is 11.0. The zero-order chi connectivity index (χ0) is 16.8. The maximum atomic E-state index is 12.2. The summed E-state index contributed by atoms with van der Waals surface area (Å²) in [4.78, 5) is 12.2. The van der Waals surface area contributed by atoms with Crippen LogP contribution in [0.4, 0.5) is 0 Å². The van der Waals surface area contributed by atoms with Gasteiger partial charge < -0.3 is 10.1 Å². The van der Waals surface area contributed by atoms with Crippen LogP contribution in [0.15, 0.2) is 42.5 Å². The van der Waals surface area contributed by atoms with Crippen LogP contribution in [0.2, 0.25) is 0 Å². The number of nitrogens with one attached hydrogen (secondary N) is 1. The van der Waals surface area contributed by atoms with Crippen molar-refractivity contribution >= 4 is 5.91 Å². The predicted octanol–water partition coefficient (Wildman–Crippen LogP) is 3.99. The number of carbonyl (C=O) groups excluding carboxylic acids is 1. The van der Waals surface area contributed by atoms with Crippen LogP contribution in [0.3, 0.4) is 0 Å². The normalized spacial score (nSPS) is 11.8. The highest BCUT2D eigenvalue weighted by Crippen LogP contribution is 2.19. The molecular formula is C20H25NO2. The van der Waals surface area contributed by atoms with E-state index in [-0.39, 0.29) is 11.9 Å². The molecule has 2 aromatic carbocycles. The van der Waals surface area contributed by atoms with Gasteiger partial charge in [-0.3, -0.25) is 4.79 Å². The molecule has 0 saturated carbocycles. The molecule has 0 aromatic heterocycles. The average molecular weight is 311 g/mol. The molecule has 122 valence electrons. The molecule has 0 heterocycles. The summed E-state index contributed by atoms with van der Waals surface area (Å²) in [5.74, 6) is 0.875. The van der Waals surface area contributed by atoms with Gasteiger partial charge in [0, 0.05) is 0 Å². The average Bonchev–Trinajstić information content (AvgIpc) is 2.55. The molecule has 1 amide bonds. The van der Waals surface area contributed by atoms with Crippen molar-refractivity contribution in [2.45, 2.75) is 39.7 Å². The van der Waals surface area contributed by atoms with Crippen LogP contribution in [-0.2, 0) is 17.6 Å². The second-order valence-electron chi connectivity index (χ2n) is 5.87. The molecule has 0 unspecified atom stereocenters. The van der Waals surface area contributed by atoms with E-state index in [1.54, 1.807) is 7.11 Å². The zero-order valence-corrected chi connectivity index (χ0v) is 14.3. The highest BCUT2D eigenvalue weighted by atomic mass is 16.5. The number of aryl methyl sites for hydroxylation is 2. The smallest absolute Gasteiger partial charge is 0.224 e. The second kappa shape index (κ2) is 7.82. The number of hydrogen-bond donors (Lipinski definition) is 1. The highest BCUT2D eigenvalue weighted by molar-refractivity contribution is 5.79. The Kier molecular flexibility index (Phi) is 5.80. The molecular weight excluding hydrogens is 286 g/mol. The molecule has 0 radical (unpaired) electrons. The Labute approximate surface area is 138 Å². The number of benzene rings is 2. The number of hydrogen-bond acceptors (Lipinski definition) is 2. The fourth-order valence-electron chi connectivity index (χ4n) is 2.65. The maximum absolute atomic E-state index is 12.2. The van der Waals surface area contributed by atoms with E-state index in [1.807, 2.05) is 32.0 Å². The van der Waals surface area contributed by atoms with Gasteiger partial charge in [0.2, 0.25) is 5.91 Å². The van der Waals surface area contributed by atoms with Crippen LogP contribution in [0.1, 0.15) is 42.1 Å². The summed E-state index contributed by atoms with van der Waals surface area (Å²) in [7, 11) is 1.65. The summed E-state index contributed by atoms with van der Waals surface area (Å²) in [5.41, 5.74) is 4.47. The van der Waals surface area contributed by atoms with E-state index in [1.165, 1.54) is 5.56 Å². The minimum atomic E-state index is 0.00718. The first-order valence-electron chi connectivity index (χ1n) is 8.05. The summed E-state index contributed by atoms with van der Waals surface area (Å²) in [6, 6.07) is 14.3. The number of methoxy groups -OCH3 is 1. The lowest BCUT2D eigenvalue weighted by molar-refractivity contribution is -0.121. The zero-order valence-electron chi connectivity index (χ0n) is 14.3. The van der Waals surface area contributed by atoms with Gasteiger partial charge in [0.05, 0.1) is 19.6 Å². The first kappa shape index (κ1) is 17.1. The topological polar surface area (TPSA) is 38.3 Å². The first-order valence-corrected chi connectivity index (χ1v) is 8.05. The van der Waals surface area contributed by atoms with Crippen LogP contribution in [0.25, 0.3) is 0 Å². The molecule has 3 nitrogen and oxygen atoms in total. The number of rotatable bonds is 6. The second-order valence-corrected chi connectivity index (χ2v) is 5.87. The molecule has 0 spiro atoms. The van der Waals surface area contributed by atoms with Gasteiger partial charge in [-0.1, -0.05) is 43.3 Å². The minimum Gasteiger partial charge on any atom is -0.496 e. The minimum absolute atomic E-state index is 0.00718. The monoisotopic (exact) mass is 311 g/mol. The molecule has 2 rings (SSSR count). The standard InChI is InChI=1S/C20H25NO2/c1-5-16-6-9-18(10-7-16)15(3)21-20(22)13-17-8-11-19(23-4)14(2)12-17/h6-12,15H,5,13H2,1-4H3,(H,21,22)/t15-/m1/s1. The molecule has 1 atom stereocenters. The van der Waals surface area contributed by atoms with Crippen LogP contribution in [0, 0.1) is 6.92 Å². The van der Waals surface area contributed by atoms with Gasteiger partial charge in [0.25, 0.3) is 0 Å². The van der Waals surface area contributed by atoms with Crippen molar-refractivity contribution < 1.29 is 9.53 Å². The van der Waals surface area contributed by atoms with Gasteiger partial charge in [-0.15, -0.1) is 0 Å². The van der Waals surface area contributed by atoms with Gasteiger partial charge in [-0.2, -0.15) is 0 Å². The van der Waals surface area contributed by atoms with Gasteiger partial charge >= 0.3 is 0 Å². The Morgan fingerprint density at radius 1 is 1.13 bits per heavy atom. The van der Waals surface area contributed by atoms with Gasteiger partial charge in [0.15, 0.2) is 0 Å². The molecule has 0 aliphatic rings. The summed E-state index contributed by atoms with van der Waals surface area (Å²) >= 11 is 0. The number of amides is 1. The Balaban J connectivity index is 1.96. The van der Waals surface area contributed by atoms with Gasteiger partial charge in [-0.25, -0.2) is 0 Å². The van der Waals surface area contributed by atoms with E-state index in [9.17, 15) is 4.79 Å². The Bertz CT molecular complexity index is 662. The van der Waals surface area contributed by atoms with Crippen LogP contribution >= 0.6 is 0 Å². The van der Waals surface area contributed by atoms with E-state index < -0.39 is 0 Å². The van der Waals surface area contributed by atoms with Crippen molar-refractivity contribution in [3.63, 3.8) is 0 Å². The van der Waals surface area contributed by atoms with E-state index in [0.717, 1.165) is 28.9 Å². The SMILES string of the molecule is CCc1ccc([C@@H](C)NC(=O)Cc2ccc(OC)c(C)c2)cc1. The molecule has 0 aliphatic carbocycles. The lowest BCUT2D eigenvalue weighted by atomic mass is 10.0. The lowest BCUT2D eigenvalue weighted by Gasteiger charge is -2.15. The number of ether oxygens (including phenoxy) is 1. The summed E-state index contributed by atoms with van der Waals surface area (Å²) in [6.07, 6.45) is 1.40. The van der Waals surface area contributed by atoms with E-state index >= 15 is 0 Å². The Morgan fingerprint density at radius 3 is 2.35 bits per heavy atom. The van der Waals surface area contributed by atoms with E-state index in [4.69, 9.17) is 4.74 Å². The van der Waals surface area contributed by atoms with Crippen molar-refractivity contribution in [1.82, 2.24) is 5.32 Å². The largest absolute Gasteiger partial charge is 0.496 e. The maximum Gasteiger partial charge on any atom is 0.224 e. The molecule has 0 saturated heterocycles.